The monoisotopic (exact) mass is 307 g/mol. The molecule has 0 bridgehead atoms. The van der Waals surface area contributed by atoms with Gasteiger partial charge in [-0.2, -0.15) is 0 Å². The Labute approximate surface area is 124 Å². The van der Waals surface area contributed by atoms with E-state index >= 15 is 0 Å². The first-order valence-electron chi connectivity index (χ1n) is 6.05. The Morgan fingerprint density at radius 1 is 1.52 bits per heavy atom. The second-order valence-electron chi connectivity index (χ2n) is 4.21. The molecule has 1 aromatic carbocycles. The van der Waals surface area contributed by atoms with Crippen molar-refractivity contribution in [3.63, 3.8) is 0 Å². The van der Waals surface area contributed by atoms with Crippen LogP contribution in [0.3, 0.4) is 0 Å². The van der Waals surface area contributed by atoms with E-state index in [0.717, 1.165) is 4.88 Å². The van der Waals surface area contributed by atoms with E-state index in [4.69, 9.17) is 4.74 Å². The lowest BCUT2D eigenvalue weighted by molar-refractivity contribution is -0.386. The highest BCUT2D eigenvalue weighted by atomic mass is 32.1. The van der Waals surface area contributed by atoms with Gasteiger partial charge in [0.05, 0.1) is 23.6 Å². The molecule has 1 heterocycles. The fourth-order valence-electron chi connectivity index (χ4n) is 1.84. The van der Waals surface area contributed by atoms with Crippen LogP contribution in [0.1, 0.15) is 28.2 Å². The lowest BCUT2D eigenvalue weighted by Gasteiger charge is -2.12. The summed E-state index contributed by atoms with van der Waals surface area (Å²) in [6, 6.07) is 4.10. The first-order valence-corrected chi connectivity index (χ1v) is 6.93. The summed E-state index contributed by atoms with van der Waals surface area (Å²) >= 11 is 1.40. The van der Waals surface area contributed by atoms with Gasteiger partial charge < -0.3 is 10.1 Å². The van der Waals surface area contributed by atoms with Crippen LogP contribution in [0, 0.1) is 10.1 Å². The second-order valence-corrected chi connectivity index (χ2v) is 5.13. The van der Waals surface area contributed by atoms with E-state index in [1.807, 2.05) is 0 Å². The van der Waals surface area contributed by atoms with Gasteiger partial charge in [0, 0.05) is 11.1 Å². The van der Waals surface area contributed by atoms with Crippen LogP contribution >= 0.6 is 11.3 Å². The molecule has 0 aliphatic carbocycles. The van der Waals surface area contributed by atoms with Gasteiger partial charge in [-0.25, -0.2) is 0 Å². The van der Waals surface area contributed by atoms with Gasteiger partial charge in [-0.3, -0.25) is 19.9 Å². The molecule has 0 spiro atoms. The number of ether oxygens (including phenoxy) is 1. The molecule has 2 rings (SSSR count). The maximum atomic E-state index is 12.3. The number of nitro benzene ring substituents is 1. The van der Waals surface area contributed by atoms with Gasteiger partial charge in [-0.05, 0) is 19.1 Å². The van der Waals surface area contributed by atoms with Gasteiger partial charge in [-0.1, -0.05) is 6.07 Å². The molecule has 0 aliphatic heterocycles. The number of carbonyl (C=O) groups excluding carboxylic acids is 1. The van der Waals surface area contributed by atoms with E-state index in [2.05, 4.69) is 10.3 Å². The zero-order chi connectivity index (χ0) is 15.4. The topological polar surface area (TPSA) is 94.4 Å². The zero-order valence-corrected chi connectivity index (χ0v) is 12.2. The Hall–Kier alpha value is -2.48. The van der Waals surface area contributed by atoms with Crippen molar-refractivity contribution in [1.82, 2.24) is 10.3 Å². The number of thiazole rings is 1. The van der Waals surface area contributed by atoms with Crippen LogP contribution in [0.5, 0.6) is 5.75 Å². The fourth-order valence-corrected chi connectivity index (χ4v) is 2.47. The third-order valence-electron chi connectivity index (χ3n) is 2.87. The number of benzene rings is 1. The Morgan fingerprint density at radius 2 is 2.29 bits per heavy atom. The lowest BCUT2D eigenvalue weighted by Crippen LogP contribution is -2.26. The molecule has 0 saturated heterocycles. The molecule has 0 fully saturated rings. The number of nitrogens with one attached hydrogen (secondary N) is 1. The molecular weight excluding hydrogens is 294 g/mol. The molecule has 110 valence electrons. The van der Waals surface area contributed by atoms with Crippen LogP contribution < -0.4 is 10.1 Å². The summed E-state index contributed by atoms with van der Waals surface area (Å²) in [5.41, 5.74) is 1.29. The number of amides is 1. The first-order chi connectivity index (χ1) is 10.0. The Kier molecular flexibility index (Phi) is 4.49. The summed E-state index contributed by atoms with van der Waals surface area (Å²) in [6.07, 6.45) is 1.65. The SMILES string of the molecule is COc1cccc(C(=O)N[C@@H](C)c2cncs2)c1[N+](=O)[O-]. The van der Waals surface area contributed by atoms with Gasteiger partial charge in [0.2, 0.25) is 0 Å². The van der Waals surface area contributed by atoms with Crippen LogP contribution in [0.15, 0.2) is 29.9 Å². The van der Waals surface area contributed by atoms with Crippen LogP contribution in [0.25, 0.3) is 0 Å². The number of rotatable bonds is 5. The van der Waals surface area contributed by atoms with Crippen molar-refractivity contribution < 1.29 is 14.5 Å². The Morgan fingerprint density at radius 3 is 2.86 bits per heavy atom. The molecule has 2 aromatic rings. The number of para-hydroxylation sites is 1. The molecule has 1 N–H and O–H groups in total. The quantitative estimate of drug-likeness (QED) is 0.676. The number of hydrogen-bond acceptors (Lipinski definition) is 6. The molecule has 1 aromatic heterocycles. The highest BCUT2D eigenvalue weighted by Crippen LogP contribution is 2.31. The summed E-state index contributed by atoms with van der Waals surface area (Å²) in [4.78, 5) is 27.6. The van der Waals surface area contributed by atoms with Gasteiger partial charge >= 0.3 is 5.69 Å². The van der Waals surface area contributed by atoms with Crippen molar-refractivity contribution in [2.45, 2.75) is 13.0 Å². The lowest BCUT2D eigenvalue weighted by atomic mass is 10.1. The van der Waals surface area contributed by atoms with Gasteiger partial charge in [0.1, 0.15) is 5.56 Å². The predicted octanol–water partition coefficient (Wildman–Crippen LogP) is 2.55. The van der Waals surface area contributed by atoms with E-state index in [0.29, 0.717) is 0 Å². The van der Waals surface area contributed by atoms with E-state index in [1.54, 1.807) is 18.6 Å². The smallest absolute Gasteiger partial charge is 0.323 e. The first kappa shape index (κ1) is 14.9. The van der Waals surface area contributed by atoms with E-state index in [9.17, 15) is 14.9 Å². The van der Waals surface area contributed by atoms with Crippen molar-refractivity contribution in [1.29, 1.82) is 0 Å². The molecule has 0 radical (unpaired) electrons. The number of hydrogen-bond donors (Lipinski definition) is 1. The number of aromatic nitrogens is 1. The highest BCUT2D eigenvalue weighted by molar-refractivity contribution is 7.09. The molecule has 7 nitrogen and oxygen atoms in total. The standard InChI is InChI=1S/C13H13N3O4S/c1-8(11-6-14-7-21-11)15-13(17)9-4-3-5-10(20-2)12(9)16(18)19/h3-8H,1-2H3,(H,15,17)/t8-/m0/s1. The highest BCUT2D eigenvalue weighted by Gasteiger charge is 2.26. The van der Waals surface area contributed by atoms with Crippen molar-refractivity contribution in [2.24, 2.45) is 0 Å². The number of nitro groups is 1. The molecule has 1 amide bonds. The average Bonchev–Trinajstić information content (AvgIpc) is 3.00. The van der Waals surface area contributed by atoms with E-state index in [1.165, 1.54) is 36.6 Å². The maximum absolute atomic E-state index is 12.3. The molecule has 8 heteroatoms. The van der Waals surface area contributed by atoms with E-state index in [-0.39, 0.29) is 23.0 Å². The van der Waals surface area contributed by atoms with Gasteiger partial charge in [0.25, 0.3) is 5.91 Å². The largest absolute Gasteiger partial charge is 0.490 e. The van der Waals surface area contributed by atoms with Gasteiger partial charge in [-0.15, -0.1) is 11.3 Å². The zero-order valence-electron chi connectivity index (χ0n) is 11.4. The summed E-state index contributed by atoms with van der Waals surface area (Å²) in [5, 5.41) is 13.9. The second kappa shape index (κ2) is 6.31. The summed E-state index contributed by atoms with van der Waals surface area (Å²) in [7, 11) is 1.32. The predicted molar refractivity (Wildman–Crippen MR) is 77.6 cm³/mol. The van der Waals surface area contributed by atoms with Crippen LogP contribution in [-0.2, 0) is 0 Å². The van der Waals surface area contributed by atoms with Crippen molar-refractivity contribution >= 4 is 22.9 Å². The average molecular weight is 307 g/mol. The number of methoxy groups -OCH3 is 1. The minimum absolute atomic E-state index is 0.0317. The number of nitrogens with zero attached hydrogens (tertiary/aromatic N) is 2. The van der Waals surface area contributed by atoms with Gasteiger partial charge in [0.15, 0.2) is 5.75 Å². The normalized spacial score (nSPS) is 11.7. The molecule has 0 aliphatic rings. The van der Waals surface area contributed by atoms with Crippen LogP contribution in [-0.4, -0.2) is 22.9 Å². The van der Waals surface area contributed by atoms with Crippen molar-refractivity contribution in [3.05, 3.63) is 50.5 Å². The molecule has 0 unspecified atom stereocenters. The summed E-state index contributed by atoms with van der Waals surface area (Å²) in [6.45, 7) is 1.79. The van der Waals surface area contributed by atoms with E-state index < -0.39 is 10.8 Å². The molecule has 1 atom stereocenters. The summed E-state index contributed by atoms with van der Waals surface area (Å²) in [5.74, 6) is -0.473. The third-order valence-corrected chi connectivity index (χ3v) is 3.83. The van der Waals surface area contributed by atoms with Crippen molar-refractivity contribution in [3.8, 4) is 5.75 Å². The molecule has 0 saturated carbocycles. The molecule has 21 heavy (non-hydrogen) atoms. The minimum atomic E-state index is -0.620. The van der Waals surface area contributed by atoms with Crippen LogP contribution in [0.4, 0.5) is 5.69 Å². The third kappa shape index (κ3) is 3.16. The molecular formula is C13H13N3O4S. The minimum Gasteiger partial charge on any atom is -0.490 e. The maximum Gasteiger partial charge on any atom is 0.323 e. The Balaban J connectivity index is 2.29. The van der Waals surface area contributed by atoms with Crippen molar-refractivity contribution in [2.75, 3.05) is 7.11 Å². The fraction of sp³-hybridized carbons (Fsp3) is 0.231. The number of carbonyl (C=O) groups is 1. The summed E-state index contributed by atoms with van der Waals surface area (Å²) < 4.78 is 4.95. The van der Waals surface area contributed by atoms with Crippen LogP contribution in [0.2, 0.25) is 0 Å². The Bertz CT molecular complexity index is 657.